The Labute approximate surface area is 90.3 Å². The van der Waals surface area contributed by atoms with Gasteiger partial charge in [-0.1, -0.05) is 13.8 Å². The lowest BCUT2D eigenvalue weighted by Crippen LogP contribution is -2.45. The molecule has 1 aliphatic carbocycles. The van der Waals surface area contributed by atoms with Crippen LogP contribution in [0.5, 0.6) is 0 Å². The second-order valence-corrected chi connectivity index (χ2v) is 4.45. The van der Waals surface area contributed by atoms with Gasteiger partial charge >= 0.3 is 5.97 Å². The van der Waals surface area contributed by atoms with Crippen LogP contribution in [-0.2, 0) is 9.59 Å². The van der Waals surface area contributed by atoms with Crippen molar-refractivity contribution in [2.75, 3.05) is 7.05 Å². The van der Waals surface area contributed by atoms with Gasteiger partial charge in [0.25, 0.3) is 0 Å². The Morgan fingerprint density at radius 2 is 1.80 bits per heavy atom. The van der Waals surface area contributed by atoms with Crippen molar-refractivity contribution in [1.29, 1.82) is 0 Å². The minimum absolute atomic E-state index is 0.0467. The number of carbonyl (C=O) groups excluding carboxylic acids is 1. The molecule has 0 aliphatic heterocycles. The molecule has 0 heterocycles. The maximum atomic E-state index is 11.9. The van der Waals surface area contributed by atoms with Gasteiger partial charge in [-0.3, -0.25) is 9.59 Å². The Morgan fingerprint density at radius 3 is 2.13 bits per heavy atom. The van der Waals surface area contributed by atoms with Gasteiger partial charge in [-0.15, -0.1) is 0 Å². The van der Waals surface area contributed by atoms with Crippen molar-refractivity contribution in [1.82, 2.24) is 4.90 Å². The van der Waals surface area contributed by atoms with Crippen molar-refractivity contribution in [3.05, 3.63) is 0 Å². The molecular weight excluding hydrogens is 194 g/mol. The van der Waals surface area contributed by atoms with Crippen LogP contribution < -0.4 is 0 Å². The summed E-state index contributed by atoms with van der Waals surface area (Å²) in [5, 5.41) is 8.82. The van der Waals surface area contributed by atoms with E-state index in [4.69, 9.17) is 5.11 Å². The maximum absolute atomic E-state index is 11.9. The standard InChI is InChI=1S/C11H19NO3/c1-7(8(2)11(14)15)10(13)12(3)9-5-4-6-9/h7-9H,4-6H2,1-3H3,(H,14,15). The molecule has 2 unspecified atom stereocenters. The van der Waals surface area contributed by atoms with Crippen LogP contribution in [0, 0.1) is 11.8 Å². The Hall–Kier alpha value is -1.06. The van der Waals surface area contributed by atoms with Gasteiger partial charge in [0.1, 0.15) is 0 Å². The number of carboxylic acid groups (broad SMARTS) is 1. The van der Waals surface area contributed by atoms with E-state index in [0.717, 1.165) is 12.8 Å². The fraction of sp³-hybridized carbons (Fsp3) is 0.818. The summed E-state index contributed by atoms with van der Waals surface area (Å²) in [4.78, 5) is 24.4. The number of carboxylic acids is 1. The van der Waals surface area contributed by atoms with Crippen LogP contribution in [0.25, 0.3) is 0 Å². The summed E-state index contributed by atoms with van der Waals surface area (Å²) in [5.41, 5.74) is 0. The van der Waals surface area contributed by atoms with E-state index in [9.17, 15) is 9.59 Å². The Bertz CT molecular complexity index is 261. The van der Waals surface area contributed by atoms with E-state index in [-0.39, 0.29) is 5.91 Å². The number of nitrogens with zero attached hydrogens (tertiary/aromatic N) is 1. The van der Waals surface area contributed by atoms with E-state index in [0.29, 0.717) is 6.04 Å². The molecule has 0 aromatic carbocycles. The molecule has 1 N–H and O–H groups in total. The predicted molar refractivity (Wildman–Crippen MR) is 56.4 cm³/mol. The molecule has 2 atom stereocenters. The molecule has 0 bridgehead atoms. The summed E-state index contributed by atoms with van der Waals surface area (Å²) in [5.74, 6) is -2.00. The fourth-order valence-electron chi connectivity index (χ4n) is 1.70. The fourth-order valence-corrected chi connectivity index (χ4v) is 1.70. The number of carbonyl (C=O) groups is 2. The van der Waals surface area contributed by atoms with Crippen LogP contribution in [0.1, 0.15) is 33.1 Å². The number of rotatable bonds is 4. The molecule has 15 heavy (non-hydrogen) atoms. The van der Waals surface area contributed by atoms with Crippen molar-refractivity contribution in [3.8, 4) is 0 Å². The first-order chi connectivity index (χ1) is 6.95. The molecule has 1 saturated carbocycles. The van der Waals surface area contributed by atoms with Crippen LogP contribution in [0.4, 0.5) is 0 Å². The third-order valence-corrected chi connectivity index (χ3v) is 3.50. The van der Waals surface area contributed by atoms with E-state index in [1.165, 1.54) is 6.42 Å². The van der Waals surface area contributed by atoms with Crippen LogP contribution >= 0.6 is 0 Å². The van der Waals surface area contributed by atoms with E-state index >= 15 is 0 Å². The number of aliphatic carboxylic acids is 1. The van der Waals surface area contributed by atoms with Gasteiger partial charge in [0.15, 0.2) is 0 Å². The Kier molecular flexibility index (Phi) is 3.72. The normalized spacial score (nSPS) is 20.2. The molecule has 0 spiro atoms. The highest BCUT2D eigenvalue weighted by atomic mass is 16.4. The molecule has 0 radical (unpaired) electrons. The van der Waals surface area contributed by atoms with Gasteiger partial charge in [0, 0.05) is 19.0 Å². The lowest BCUT2D eigenvalue weighted by atomic mass is 9.89. The molecule has 4 nitrogen and oxygen atoms in total. The molecule has 0 aromatic heterocycles. The van der Waals surface area contributed by atoms with Crippen molar-refractivity contribution in [2.24, 2.45) is 11.8 Å². The maximum Gasteiger partial charge on any atom is 0.307 e. The molecule has 1 aliphatic rings. The first kappa shape index (κ1) is 12.0. The van der Waals surface area contributed by atoms with Gasteiger partial charge in [-0.05, 0) is 19.3 Å². The van der Waals surface area contributed by atoms with Gasteiger partial charge in [-0.25, -0.2) is 0 Å². The minimum atomic E-state index is -0.905. The minimum Gasteiger partial charge on any atom is -0.481 e. The third kappa shape index (κ3) is 2.49. The number of amides is 1. The highest BCUT2D eigenvalue weighted by Crippen LogP contribution is 2.26. The van der Waals surface area contributed by atoms with Gasteiger partial charge in [0.2, 0.25) is 5.91 Å². The summed E-state index contributed by atoms with van der Waals surface area (Å²) in [6, 6.07) is 0.334. The van der Waals surface area contributed by atoms with Gasteiger partial charge in [0.05, 0.1) is 5.92 Å². The van der Waals surface area contributed by atoms with E-state index in [1.54, 1.807) is 25.8 Å². The molecule has 1 amide bonds. The average Bonchev–Trinajstić information content (AvgIpc) is 2.11. The summed E-state index contributed by atoms with van der Waals surface area (Å²) < 4.78 is 0. The zero-order valence-corrected chi connectivity index (χ0v) is 9.56. The van der Waals surface area contributed by atoms with Gasteiger partial charge < -0.3 is 10.0 Å². The lowest BCUT2D eigenvalue weighted by Gasteiger charge is -2.36. The van der Waals surface area contributed by atoms with E-state index in [2.05, 4.69) is 0 Å². The molecule has 4 heteroatoms. The molecule has 0 aromatic rings. The monoisotopic (exact) mass is 213 g/mol. The van der Waals surface area contributed by atoms with Crippen molar-refractivity contribution in [2.45, 2.75) is 39.2 Å². The second kappa shape index (κ2) is 4.64. The Balaban J connectivity index is 2.54. The Morgan fingerprint density at radius 1 is 1.27 bits per heavy atom. The largest absolute Gasteiger partial charge is 0.481 e. The first-order valence-corrected chi connectivity index (χ1v) is 5.44. The predicted octanol–water partition coefficient (Wildman–Crippen LogP) is 1.35. The van der Waals surface area contributed by atoms with Crippen LogP contribution in [0.3, 0.4) is 0 Å². The quantitative estimate of drug-likeness (QED) is 0.767. The zero-order chi connectivity index (χ0) is 11.6. The van der Waals surface area contributed by atoms with E-state index in [1.807, 2.05) is 0 Å². The van der Waals surface area contributed by atoms with Crippen LogP contribution in [0.2, 0.25) is 0 Å². The molecule has 1 rings (SSSR count). The second-order valence-electron chi connectivity index (χ2n) is 4.45. The summed E-state index contributed by atoms with van der Waals surface area (Å²) in [6.45, 7) is 3.27. The van der Waals surface area contributed by atoms with Crippen LogP contribution in [-0.4, -0.2) is 35.0 Å². The van der Waals surface area contributed by atoms with Crippen molar-refractivity contribution < 1.29 is 14.7 Å². The van der Waals surface area contributed by atoms with Gasteiger partial charge in [-0.2, -0.15) is 0 Å². The molecule has 1 fully saturated rings. The number of hydrogen-bond donors (Lipinski definition) is 1. The summed E-state index contributed by atoms with van der Waals surface area (Å²) >= 11 is 0. The molecular formula is C11H19NO3. The lowest BCUT2D eigenvalue weighted by molar-refractivity contribution is -0.150. The third-order valence-electron chi connectivity index (χ3n) is 3.50. The number of hydrogen-bond acceptors (Lipinski definition) is 2. The molecule has 86 valence electrons. The SMILES string of the molecule is CC(C(=O)O)C(C)C(=O)N(C)C1CCC1. The topological polar surface area (TPSA) is 57.6 Å². The summed E-state index contributed by atoms with van der Waals surface area (Å²) in [6.07, 6.45) is 3.28. The van der Waals surface area contributed by atoms with Crippen molar-refractivity contribution in [3.63, 3.8) is 0 Å². The average molecular weight is 213 g/mol. The van der Waals surface area contributed by atoms with Crippen LogP contribution in [0.15, 0.2) is 0 Å². The van der Waals surface area contributed by atoms with Crippen molar-refractivity contribution >= 4 is 11.9 Å². The molecule has 0 saturated heterocycles. The smallest absolute Gasteiger partial charge is 0.307 e. The first-order valence-electron chi connectivity index (χ1n) is 5.44. The highest BCUT2D eigenvalue weighted by molar-refractivity contribution is 5.84. The highest BCUT2D eigenvalue weighted by Gasteiger charge is 2.32. The summed E-state index contributed by atoms with van der Waals surface area (Å²) in [7, 11) is 1.78. The zero-order valence-electron chi connectivity index (χ0n) is 9.56. The van der Waals surface area contributed by atoms with E-state index < -0.39 is 17.8 Å².